The molecule has 5 nitrogen and oxygen atoms in total. The Morgan fingerprint density at radius 1 is 1.29 bits per heavy atom. The van der Waals surface area contributed by atoms with Crippen LogP contribution in [0.15, 0.2) is 36.7 Å². The van der Waals surface area contributed by atoms with Crippen molar-refractivity contribution in [3.05, 3.63) is 47.2 Å². The molecule has 1 unspecified atom stereocenters. The number of anilines is 2. The van der Waals surface area contributed by atoms with Crippen molar-refractivity contribution in [2.45, 2.75) is 12.5 Å². The van der Waals surface area contributed by atoms with Crippen molar-refractivity contribution in [3.63, 3.8) is 0 Å². The molecule has 0 saturated carbocycles. The van der Waals surface area contributed by atoms with Gasteiger partial charge in [0.15, 0.2) is 11.6 Å². The van der Waals surface area contributed by atoms with Gasteiger partial charge in [-0.25, -0.2) is 9.97 Å². The van der Waals surface area contributed by atoms with Gasteiger partial charge >= 0.3 is 0 Å². The third-order valence-electron chi connectivity index (χ3n) is 3.15. The fourth-order valence-electron chi connectivity index (χ4n) is 1.96. The number of nitrogens with one attached hydrogen (secondary N) is 1. The second-order valence-electron chi connectivity index (χ2n) is 5.26. The molecule has 0 amide bonds. The Kier molecular flexibility index (Phi) is 4.65. The molecular weight excluding hydrogens is 288 g/mol. The van der Waals surface area contributed by atoms with E-state index in [0.717, 1.165) is 11.4 Å². The van der Waals surface area contributed by atoms with E-state index in [-0.39, 0.29) is 0 Å². The second-order valence-corrected chi connectivity index (χ2v) is 5.70. The number of rotatable bonds is 5. The minimum absolute atomic E-state index is 0.298. The number of hydrogen-bond acceptors (Lipinski definition) is 5. The topological polar surface area (TPSA) is 61.3 Å². The van der Waals surface area contributed by atoms with E-state index in [1.54, 1.807) is 31.5 Å². The summed E-state index contributed by atoms with van der Waals surface area (Å²) in [4.78, 5) is 10.4. The highest BCUT2D eigenvalue weighted by Gasteiger charge is 2.24. The Bertz CT molecular complexity index is 616. The summed E-state index contributed by atoms with van der Waals surface area (Å²) in [7, 11) is 3.79. The predicted molar refractivity (Wildman–Crippen MR) is 85.9 cm³/mol. The summed E-state index contributed by atoms with van der Waals surface area (Å²) in [6.45, 7) is 2.03. The molecular formula is C15H19ClN4O. The summed E-state index contributed by atoms with van der Waals surface area (Å²) in [6, 6.07) is 7.20. The fourth-order valence-corrected chi connectivity index (χ4v) is 2.15. The standard InChI is InChI=1S/C15H19ClN4O/c1-15(21,11-5-4-6-12(16)9-11)10-19-13-14(20(2)3)18-8-7-17-13/h4-9,21H,10H2,1-3H3,(H,17,19). The maximum Gasteiger partial charge on any atom is 0.171 e. The predicted octanol–water partition coefficient (Wildman–Crippen LogP) is 2.52. The number of nitrogens with zero attached hydrogens (tertiary/aromatic N) is 3. The molecule has 1 aromatic carbocycles. The maximum atomic E-state index is 10.6. The summed E-state index contributed by atoms with van der Waals surface area (Å²) in [6.07, 6.45) is 3.25. The van der Waals surface area contributed by atoms with Crippen LogP contribution in [0.1, 0.15) is 12.5 Å². The van der Waals surface area contributed by atoms with Crippen LogP contribution in [0.5, 0.6) is 0 Å². The van der Waals surface area contributed by atoms with Crippen molar-refractivity contribution < 1.29 is 5.11 Å². The van der Waals surface area contributed by atoms with Crippen LogP contribution in [0.2, 0.25) is 5.02 Å². The Balaban J connectivity index is 2.15. The van der Waals surface area contributed by atoms with E-state index in [1.807, 2.05) is 31.1 Å². The lowest BCUT2D eigenvalue weighted by molar-refractivity contribution is 0.0714. The Hall–Kier alpha value is -1.85. The monoisotopic (exact) mass is 306 g/mol. The molecule has 21 heavy (non-hydrogen) atoms. The zero-order chi connectivity index (χ0) is 15.5. The summed E-state index contributed by atoms with van der Waals surface area (Å²) < 4.78 is 0. The van der Waals surface area contributed by atoms with E-state index in [4.69, 9.17) is 11.6 Å². The van der Waals surface area contributed by atoms with E-state index in [2.05, 4.69) is 15.3 Å². The summed E-state index contributed by atoms with van der Waals surface area (Å²) in [5, 5.41) is 14.4. The van der Waals surface area contributed by atoms with Crippen molar-refractivity contribution in [3.8, 4) is 0 Å². The van der Waals surface area contributed by atoms with Crippen LogP contribution in [0.4, 0.5) is 11.6 Å². The average molecular weight is 307 g/mol. The first-order valence-corrected chi connectivity index (χ1v) is 6.98. The number of aliphatic hydroxyl groups is 1. The highest BCUT2D eigenvalue weighted by molar-refractivity contribution is 6.30. The molecule has 0 saturated heterocycles. The molecule has 0 bridgehead atoms. The quantitative estimate of drug-likeness (QED) is 0.889. The fraction of sp³-hybridized carbons (Fsp3) is 0.333. The van der Waals surface area contributed by atoms with Crippen LogP contribution >= 0.6 is 11.6 Å². The van der Waals surface area contributed by atoms with Crippen molar-refractivity contribution in [2.75, 3.05) is 30.9 Å². The number of halogens is 1. The van der Waals surface area contributed by atoms with Gasteiger partial charge in [0.05, 0.1) is 0 Å². The Morgan fingerprint density at radius 3 is 2.67 bits per heavy atom. The van der Waals surface area contributed by atoms with Gasteiger partial charge in [-0.2, -0.15) is 0 Å². The zero-order valence-corrected chi connectivity index (χ0v) is 13.1. The molecule has 0 fully saturated rings. The van der Waals surface area contributed by atoms with Gasteiger partial charge in [0, 0.05) is 38.1 Å². The SMILES string of the molecule is CN(C)c1nccnc1NCC(C)(O)c1cccc(Cl)c1. The highest BCUT2D eigenvalue weighted by Crippen LogP contribution is 2.25. The van der Waals surface area contributed by atoms with Gasteiger partial charge in [-0.05, 0) is 24.6 Å². The Morgan fingerprint density at radius 2 is 2.00 bits per heavy atom. The van der Waals surface area contributed by atoms with Gasteiger partial charge in [-0.1, -0.05) is 23.7 Å². The number of aromatic nitrogens is 2. The van der Waals surface area contributed by atoms with E-state index in [1.165, 1.54) is 0 Å². The molecule has 0 radical (unpaired) electrons. The van der Waals surface area contributed by atoms with Gasteiger partial charge in [0.25, 0.3) is 0 Å². The van der Waals surface area contributed by atoms with Crippen LogP contribution in [-0.4, -0.2) is 35.7 Å². The van der Waals surface area contributed by atoms with Gasteiger partial charge in [-0.15, -0.1) is 0 Å². The third kappa shape index (κ3) is 3.83. The molecule has 0 aliphatic rings. The van der Waals surface area contributed by atoms with Gasteiger partial charge in [-0.3, -0.25) is 0 Å². The molecule has 0 aliphatic carbocycles. The largest absolute Gasteiger partial charge is 0.384 e. The molecule has 2 N–H and O–H groups in total. The van der Waals surface area contributed by atoms with E-state index in [0.29, 0.717) is 17.4 Å². The summed E-state index contributed by atoms with van der Waals surface area (Å²) in [5.41, 5.74) is -0.316. The third-order valence-corrected chi connectivity index (χ3v) is 3.38. The van der Waals surface area contributed by atoms with Crippen LogP contribution in [0.25, 0.3) is 0 Å². The first-order chi connectivity index (χ1) is 9.90. The summed E-state index contributed by atoms with van der Waals surface area (Å²) >= 11 is 5.97. The normalized spacial score (nSPS) is 13.6. The molecule has 2 aromatic rings. The van der Waals surface area contributed by atoms with Gasteiger partial charge in [0.1, 0.15) is 5.60 Å². The molecule has 0 aliphatic heterocycles. The lowest BCUT2D eigenvalue weighted by atomic mass is 9.96. The first kappa shape index (κ1) is 15.5. The number of benzene rings is 1. The van der Waals surface area contributed by atoms with Crippen LogP contribution in [0, 0.1) is 0 Å². The molecule has 112 valence electrons. The van der Waals surface area contributed by atoms with E-state index in [9.17, 15) is 5.11 Å². The van der Waals surface area contributed by atoms with Crippen molar-refractivity contribution in [2.24, 2.45) is 0 Å². The first-order valence-electron chi connectivity index (χ1n) is 6.61. The highest BCUT2D eigenvalue weighted by atomic mass is 35.5. The van der Waals surface area contributed by atoms with Crippen molar-refractivity contribution in [1.29, 1.82) is 0 Å². The maximum absolute atomic E-state index is 10.6. The van der Waals surface area contributed by atoms with E-state index < -0.39 is 5.60 Å². The van der Waals surface area contributed by atoms with Crippen LogP contribution in [0.3, 0.4) is 0 Å². The Labute approximate surface area is 129 Å². The van der Waals surface area contributed by atoms with Crippen LogP contribution < -0.4 is 10.2 Å². The second kappa shape index (κ2) is 6.28. The minimum atomic E-state index is -1.06. The summed E-state index contributed by atoms with van der Waals surface area (Å²) in [5.74, 6) is 1.35. The molecule has 1 atom stereocenters. The smallest absolute Gasteiger partial charge is 0.171 e. The zero-order valence-electron chi connectivity index (χ0n) is 12.3. The number of hydrogen-bond donors (Lipinski definition) is 2. The van der Waals surface area contributed by atoms with E-state index >= 15 is 0 Å². The average Bonchev–Trinajstić information content (AvgIpc) is 2.45. The van der Waals surface area contributed by atoms with Crippen molar-refractivity contribution >= 4 is 23.2 Å². The molecule has 6 heteroatoms. The minimum Gasteiger partial charge on any atom is -0.384 e. The van der Waals surface area contributed by atoms with Crippen molar-refractivity contribution in [1.82, 2.24) is 9.97 Å². The molecule has 2 rings (SSSR count). The molecule has 1 heterocycles. The van der Waals surface area contributed by atoms with Gasteiger partial charge < -0.3 is 15.3 Å². The molecule has 1 aromatic heterocycles. The lowest BCUT2D eigenvalue weighted by Gasteiger charge is -2.25. The van der Waals surface area contributed by atoms with Crippen LogP contribution in [-0.2, 0) is 5.60 Å². The van der Waals surface area contributed by atoms with Gasteiger partial charge in [0.2, 0.25) is 0 Å². The molecule has 0 spiro atoms. The lowest BCUT2D eigenvalue weighted by Crippen LogP contribution is -2.31.